The summed E-state index contributed by atoms with van der Waals surface area (Å²) >= 11 is 0. The lowest BCUT2D eigenvalue weighted by molar-refractivity contribution is 0.598. The van der Waals surface area contributed by atoms with Crippen LogP contribution in [0.4, 0.5) is 34.4 Å². The highest BCUT2D eigenvalue weighted by Gasteiger charge is 2.35. The van der Waals surface area contributed by atoms with Crippen LogP contribution in [0, 0.1) is 0 Å². The van der Waals surface area contributed by atoms with Gasteiger partial charge in [0.2, 0.25) is 15.8 Å². The molecule has 0 unspecified atom stereocenters. The second-order valence-corrected chi connectivity index (χ2v) is 17.6. The van der Waals surface area contributed by atoms with E-state index in [0.29, 0.717) is 34.4 Å². The number of aromatic nitrogens is 3. The highest BCUT2D eigenvalue weighted by Crippen LogP contribution is 2.49. The van der Waals surface area contributed by atoms with Crippen molar-refractivity contribution in [1.29, 1.82) is 0 Å². The molecule has 2 heterocycles. The predicted molar refractivity (Wildman–Crippen MR) is 262 cm³/mol. The maximum Gasteiger partial charge on any atom is 0.238 e. The fourth-order valence-corrected chi connectivity index (χ4v) is 10.2. The molecule has 1 aliphatic rings. The van der Waals surface area contributed by atoms with E-state index in [-0.39, 0.29) is 9.79 Å². The Balaban J connectivity index is 1.12. The number of fused-ring (bicyclic) bond motifs is 3. The number of benzene rings is 9. The van der Waals surface area contributed by atoms with E-state index in [1.54, 1.807) is 12.1 Å². The van der Waals surface area contributed by atoms with Crippen LogP contribution in [-0.2, 0) is 9.84 Å². The summed E-state index contributed by atoms with van der Waals surface area (Å²) in [7, 11) is -4.02. The van der Waals surface area contributed by atoms with Gasteiger partial charge in [-0.1, -0.05) is 170 Å². The highest BCUT2D eigenvalue weighted by atomic mass is 32.2. The zero-order valence-corrected chi connectivity index (χ0v) is 35.8. The van der Waals surface area contributed by atoms with Gasteiger partial charge in [-0.15, -0.1) is 0 Å². The molecule has 0 atom stereocenters. The van der Waals surface area contributed by atoms with Crippen molar-refractivity contribution >= 4 is 44.2 Å². The summed E-state index contributed by atoms with van der Waals surface area (Å²) in [5, 5.41) is 0. The molecule has 8 heteroatoms. The molecule has 0 saturated heterocycles. The first kappa shape index (κ1) is 39.4. The van der Waals surface area contributed by atoms with E-state index in [9.17, 15) is 0 Å². The normalized spacial score (nSPS) is 12.2. The van der Waals surface area contributed by atoms with Gasteiger partial charge < -0.3 is 4.90 Å². The molecule has 7 nitrogen and oxygen atoms in total. The van der Waals surface area contributed by atoms with Crippen LogP contribution in [0.1, 0.15) is 0 Å². The molecule has 0 aliphatic carbocycles. The third-order valence-corrected chi connectivity index (χ3v) is 13.5. The summed E-state index contributed by atoms with van der Waals surface area (Å²) in [6.07, 6.45) is 0. The SMILES string of the molecule is O=S1(=O)c2cc(N(c3ccccc3)c3ccccc3)ccc2-c2ccc(N(c3cc(-c4ccccc4)cc(-c4ccccc4)c3)c3nc(-c4ccccc4)nc(-c4ccccc4)n3)cc21. The molecule has 0 N–H and O–H groups in total. The van der Waals surface area contributed by atoms with Crippen molar-refractivity contribution in [3.63, 3.8) is 0 Å². The van der Waals surface area contributed by atoms with Crippen LogP contribution in [0.2, 0.25) is 0 Å². The van der Waals surface area contributed by atoms with Gasteiger partial charge in [-0.05, 0) is 89.0 Å². The van der Waals surface area contributed by atoms with Crippen molar-refractivity contribution in [2.45, 2.75) is 9.79 Å². The van der Waals surface area contributed by atoms with Crippen LogP contribution < -0.4 is 9.80 Å². The fraction of sp³-hybridized carbons (Fsp3) is 0. The van der Waals surface area contributed by atoms with E-state index in [0.717, 1.165) is 56.1 Å². The monoisotopic (exact) mass is 857 g/mol. The molecule has 1 aliphatic heterocycles. The van der Waals surface area contributed by atoms with Gasteiger partial charge in [-0.25, -0.2) is 13.4 Å². The summed E-state index contributed by atoms with van der Waals surface area (Å²) in [5.74, 6) is 1.30. The Kier molecular flexibility index (Phi) is 10.1. The Morgan fingerprint density at radius 3 is 1.08 bits per heavy atom. The minimum atomic E-state index is -4.02. The molecule has 11 rings (SSSR count). The first-order chi connectivity index (χ1) is 32.0. The van der Waals surface area contributed by atoms with Gasteiger partial charge in [0.15, 0.2) is 11.6 Å². The summed E-state index contributed by atoms with van der Waals surface area (Å²) in [5.41, 5.74) is 10.8. The van der Waals surface area contributed by atoms with E-state index in [1.807, 2.05) is 187 Å². The van der Waals surface area contributed by atoms with Crippen molar-refractivity contribution in [3.8, 4) is 56.2 Å². The van der Waals surface area contributed by atoms with E-state index < -0.39 is 9.84 Å². The smallest absolute Gasteiger partial charge is 0.238 e. The second-order valence-electron chi connectivity index (χ2n) is 15.7. The van der Waals surface area contributed by atoms with Gasteiger partial charge in [-0.3, -0.25) is 4.90 Å². The molecule has 65 heavy (non-hydrogen) atoms. The van der Waals surface area contributed by atoms with Crippen LogP contribution >= 0.6 is 0 Å². The largest absolute Gasteiger partial charge is 0.310 e. The van der Waals surface area contributed by atoms with Gasteiger partial charge in [0.1, 0.15) is 0 Å². The number of anilines is 6. The number of hydrogen-bond acceptors (Lipinski definition) is 7. The minimum Gasteiger partial charge on any atom is -0.310 e. The second kappa shape index (κ2) is 16.7. The molecule has 0 bridgehead atoms. The Labute approximate surface area is 378 Å². The number of para-hydroxylation sites is 2. The molecule has 1 aromatic heterocycles. The van der Waals surface area contributed by atoms with Crippen LogP contribution in [-0.4, -0.2) is 23.4 Å². The fourth-order valence-electron chi connectivity index (χ4n) is 8.52. The highest BCUT2D eigenvalue weighted by molar-refractivity contribution is 7.92. The van der Waals surface area contributed by atoms with Crippen LogP contribution in [0.15, 0.2) is 246 Å². The summed E-state index contributed by atoms with van der Waals surface area (Å²) in [6, 6.07) is 77.9. The van der Waals surface area contributed by atoms with E-state index in [2.05, 4.69) is 47.4 Å². The molecule has 0 fully saturated rings. The van der Waals surface area contributed by atoms with Gasteiger partial charge in [-0.2, -0.15) is 9.97 Å². The molecular formula is C57H39N5O2S. The lowest BCUT2D eigenvalue weighted by atomic mass is 9.97. The van der Waals surface area contributed by atoms with E-state index in [4.69, 9.17) is 15.0 Å². The molecular weight excluding hydrogens is 819 g/mol. The number of nitrogens with zero attached hydrogens (tertiary/aromatic N) is 5. The third kappa shape index (κ3) is 7.52. The van der Waals surface area contributed by atoms with Gasteiger partial charge >= 0.3 is 0 Å². The quantitative estimate of drug-likeness (QED) is 0.135. The zero-order chi connectivity index (χ0) is 43.7. The zero-order valence-electron chi connectivity index (χ0n) is 35.0. The molecule has 0 amide bonds. The van der Waals surface area contributed by atoms with Crippen LogP contribution in [0.3, 0.4) is 0 Å². The lowest BCUT2D eigenvalue weighted by Crippen LogP contribution is -2.16. The summed E-state index contributed by atoms with van der Waals surface area (Å²) in [4.78, 5) is 19.9. The Bertz CT molecular complexity index is 3150. The standard InChI is InChI=1S/C57H39N5O2S/c63-65(64)53-38-48(61(46-27-15-5-16-28-46)47-29-17-6-18-30-47)31-33-51(53)52-34-32-49(39-54(52)65)62(50-36-44(40-19-7-1-8-20-40)35-45(37-50)41-21-9-2-10-22-41)57-59-55(42-23-11-3-12-24-42)58-56(60-57)43-25-13-4-14-26-43/h1-39H. The van der Waals surface area contributed by atoms with E-state index in [1.165, 1.54) is 0 Å². The van der Waals surface area contributed by atoms with Gasteiger partial charge in [0, 0.05) is 39.3 Å². The first-order valence-corrected chi connectivity index (χ1v) is 22.8. The molecule has 0 saturated carbocycles. The van der Waals surface area contributed by atoms with Gasteiger partial charge in [0.25, 0.3) is 0 Å². The summed E-state index contributed by atoms with van der Waals surface area (Å²) < 4.78 is 30.1. The van der Waals surface area contributed by atoms with Crippen LogP contribution in [0.5, 0.6) is 0 Å². The average Bonchev–Trinajstić information content (AvgIpc) is 3.60. The average molecular weight is 858 g/mol. The molecule has 0 spiro atoms. The maximum atomic E-state index is 15.0. The molecule has 10 aromatic rings. The van der Waals surface area contributed by atoms with Crippen molar-refractivity contribution in [2.24, 2.45) is 0 Å². The van der Waals surface area contributed by atoms with Crippen LogP contribution in [0.25, 0.3) is 56.2 Å². The summed E-state index contributed by atoms with van der Waals surface area (Å²) in [6.45, 7) is 0. The Morgan fingerprint density at radius 1 is 0.292 bits per heavy atom. The number of hydrogen-bond donors (Lipinski definition) is 0. The Morgan fingerprint density at radius 2 is 0.662 bits per heavy atom. The number of sulfone groups is 1. The van der Waals surface area contributed by atoms with Gasteiger partial charge in [0.05, 0.1) is 21.2 Å². The Hall–Kier alpha value is -8.46. The number of rotatable bonds is 10. The van der Waals surface area contributed by atoms with Crippen molar-refractivity contribution in [3.05, 3.63) is 237 Å². The first-order valence-electron chi connectivity index (χ1n) is 21.3. The molecule has 310 valence electrons. The topological polar surface area (TPSA) is 79.3 Å². The minimum absolute atomic E-state index is 0.209. The molecule has 9 aromatic carbocycles. The van der Waals surface area contributed by atoms with Crippen molar-refractivity contribution in [2.75, 3.05) is 9.80 Å². The molecule has 0 radical (unpaired) electrons. The maximum absolute atomic E-state index is 15.0. The predicted octanol–water partition coefficient (Wildman–Crippen LogP) is 14.3. The van der Waals surface area contributed by atoms with E-state index >= 15 is 8.42 Å². The van der Waals surface area contributed by atoms with Crippen molar-refractivity contribution < 1.29 is 8.42 Å². The van der Waals surface area contributed by atoms with Crippen molar-refractivity contribution in [1.82, 2.24) is 15.0 Å². The lowest BCUT2D eigenvalue weighted by Gasteiger charge is -2.26. The third-order valence-electron chi connectivity index (χ3n) is 11.6.